The maximum absolute atomic E-state index is 11.1. The summed E-state index contributed by atoms with van der Waals surface area (Å²) in [6, 6.07) is 1.13. The van der Waals surface area contributed by atoms with E-state index in [9.17, 15) is 9.59 Å². The molecule has 0 radical (unpaired) electrons. The van der Waals surface area contributed by atoms with Crippen LogP contribution in [0, 0.1) is 0 Å². The van der Waals surface area contributed by atoms with Gasteiger partial charge in [0.15, 0.2) is 0 Å². The van der Waals surface area contributed by atoms with Crippen molar-refractivity contribution in [3.05, 3.63) is 50.5 Å². The highest BCUT2D eigenvalue weighted by Gasteiger charge is 2.08. The predicted molar refractivity (Wildman–Crippen MR) is 51.2 cm³/mol. The maximum atomic E-state index is 11.1. The van der Waals surface area contributed by atoms with Gasteiger partial charge in [0, 0.05) is 33.3 Å². The molecule has 9 heteroatoms. The summed E-state index contributed by atoms with van der Waals surface area (Å²) in [7, 11) is 0. The number of carbonyl (C=O) groups excluding carboxylic acids is 2. The van der Waals surface area contributed by atoms with Gasteiger partial charge in [-0.2, -0.15) is 0 Å². The van der Waals surface area contributed by atoms with Crippen molar-refractivity contribution in [3.8, 4) is 0 Å². The average molecular weight is 217 g/mol. The van der Waals surface area contributed by atoms with Crippen LogP contribution in [0.4, 0.5) is 0 Å². The summed E-state index contributed by atoms with van der Waals surface area (Å²) in [6.07, 6.45) is 2.26. The Kier molecular flexibility index (Phi) is 3.57. The number of pyridine rings is 1. The molecule has 0 spiro atoms. The van der Waals surface area contributed by atoms with Gasteiger partial charge in [-0.15, -0.1) is 0 Å². The summed E-state index contributed by atoms with van der Waals surface area (Å²) >= 11 is 0. The Morgan fingerprint density at radius 3 is 1.88 bits per heavy atom. The van der Waals surface area contributed by atoms with Crippen molar-refractivity contribution in [1.82, 2.24) is 4.98 Å². The normalized spacial score (nSPS) is 8.50. The van der Waals surface area contributed by atoms with E-state index in [1.807, 2.05) is 0 Å². The average Bonchev–Trinajstić information content (AvgIpc) is 2.30. The van der Waals surface area contributed by atoms with Gasteiger partial charge in [-0.05, 0) is 27.4 Å². The molecule has 0 saturated carbocycles. The Hall–Kier alpha value is -2.89. The number of amides is 2. The zero-order valence-electron chi connectivity index (χ0n) is 7.68. The molecular formula is C7H3N7O2. The summed E-state index contributed by atoms with van der Waals surface area (Å²) in [5.74, 6) is -1.74. The molecule has 1 aromatic heterocycles. The van der Waals surface area contributed by atoms with Crippen LogP contribution < -0.4 is 0 Å². The Bertz CT molecular complexity index is 494. The molecule has 16 heavy (non-hydrogen) atoms. The minimum Gasteiger partial charge on any atom is -0.287 e. The van der Waals surface area contributed by atoms with E-state index in [1.165, 1.54) is 0 Å². The first-order chi connectivity index (χ1) is 7.69. The lowest BCUT2D eigenvalue weighted by atomic mass is 10.2. The number of rotatable bonds is 2. The first kappa shape index (κ1) is 11.2. The van der Waals surface area contributed by atoms with Crippen LogP contribution in [0.3, 0.4) is 0 Å². The van der Waals surface area contributed by atoms with Crippen LogP contribution in [0.2, 0.25) is 0 Å². The van der Waals surface area contributed by atoms with Crippen molar-refractivity contribution < 1.29 is 9.59 Å². The monoisotopic (exact) mass is 217 g/mol. The maximum Gasteiger partial charge on any atom is 0.250 e. The highest BCUT2D eigenvalue weighted by atomic mass is 16.2. The largest absolute Gasteiger partial charge is 0.287 e. The van der Waals surface area contributed by atoms with Crippen LogP contribution in [-0.4, -0.2) is 16.8 Å². The second-order valence-corrected chi connectivity index (χ2v) is 2.45. The fraction of sp³-hybridized carbons (Fsp3) is 0. The van der Waals surface area contributed by atoms with E-state index in [1.54, 1.807) is 0 Å². The minimum atomic E-state index is -0.870. The number of azide groups is 2. The Labute approximate surface area is 88.0 Å². The second-order valence-electron chi connectivity index (χ2n) is 2.45. The zero-order valence-corrected chi connectivity index (χ0v) is 7.68. The van der Waals surface area contributed by atoms with E-state index in [4.69, 9.17) is 11.1 Å². The molecule has 0 aliphatic rings. The molecule has 2 amide bonds. The van der Waals surface area contributed by atoms with E-state index >= 15 is 0 Å². The number of aromatic nitrogens is 1. The molecule has 0 saturated heterocycles. The number of hydrogen-bond donors (Lipinski definition) is 0. The van der Waals surface area contributed by atoms with Gasteiger partial charge in [0.1, 0.15) is 0 Å². The molecule has 1 aromatic rings. The Morgan fingerprint density at radius 2 is 1.50 bits per heavy atom. The molecule has 0 aliphatic carbocycles. The zero-order chi connectivity index (χ0) is 12.0. The molecule has 0 aliphatic heterocycles. The summed E-state index contributed by atoms with van der Waals surface area (Å²) < 4.78 is 0. The summed E-state index contributed by atoms with van der Waals surface area (Å²) in [5, 5.41) is 5.66. The molecule has 78 valence electrons. The van der Waals surface area contributed by atoms with Crippen LogP contribution in [-0.2, 0) is 0 Å². The van der Waals surface area contributed by atoms with Crippen molar-refractivity contribution in [2.24, 2.45) is 10.2 Å². The lowest BCUT2D eigenvalue weighted by Gasteiger charge is -1.96. The molecular weight excluding hydrogens is 214 g/mol. The first-order valence-electron chi connectivity index (χ1n) is 3.83. The van der Waals surface area contributed by atoms with Crippen LogP contribution in [0.5, 0.6) is 0 Å². The highest BCUT2D eigenvalue weighted by molar-refractivity contribution is 5.99. The molecule has 9 nitrogen and oxygen atoms in total. The van der Waals surface area contributed by atoms with Crippen LogP contribution >= 0.6 is 0 Å². The third kappa shape index (κ3) is 2.55. The lowest BCUT2D eigenvalue weighted by molar-refractivity contribution is 0.0999. The van der Waals surface area contributed by atoms with Crippen LogP contribution in [0.25, 0.3) is 20.9 Å². The van der Waals surface area contributed by atoms with Gasteiger partial charge < -0.3 is 0 Å². The fourth-order valence-electron chi connectivity index (χ4n) is 0.871. The van der Waals surface area contributed by atoms with Gasteiger partial charge in [0.25, 0.3) is 11.8 Å². The number of nitrogens with zero attached hydrogens (tertiary/aromatic N) is 7. The number of carbonyl (C=O) groups is 2. The summed E-state index contributed by atoms with van der Waals surface area (Å²) in [4.78, 5) is 30.4. The van der Waals surface area contributed by atoms with Gasteiger partial charge in [-0.1, -0.05) is 0 Å². The standard InChI is InChI=1S/C7H3N7O2/c8-13-11-6(15)4-1-5(3-10-2-4)7(16)12-14-9/h1-3H. The predicted octanol–water partition coefficient (Wildman–Crippen LogP) is 1.98. The molecule has 0 bridgehead atoms. The third-order valence-corrected chi connectivity index (χ3v) is 1.50. The Morgan fingerprint density at radius 1 is 1.06 bits per heavy atom. The van der Waals surface area contributed by atoms with E-state index in [2.05, 4.69) is 25.0 Å². The summed E-state index contributed by atoms with van der Waals surface area (Å²) in [5.41, 5.74) is 16.0. The second kappa shape index (κ2) is 5.11. The van der Waals surface area contributed by atoms with E-state index in [0.717, 1.165) is 18.5 Å². The van der Waals surface area contributed by atoms with Crippen molar-refractivity contribution in [2.45, 2.75) is 0 Å². The van der Waals surface area contributed by atoms with Crippen molar-refractivity contribution >= 4 is 11.8 Å². The molecule has 0 unspecified atom stereocenters. The number of hydrogen-bond acceptors (Lipinski definition) is 3. The lowest BCUT2D eigenvalue weighted by Crippen LogP contribution is -2.00. The topological polar surface area (TPSA) is 145 Å². The van der Waals surface area contributed by atoms with Crippen molar-refractivity contribution in [3.63, 3.8) is 0 Å². The SMILES string of the molecule is [N-]=[N+]=NC(=O)c1cncc(C(=O)N=[N+]=[N-])c1. The highest BCUT2D eigenvalue weighted by Crippen LogP contribution is 2.06. The van der Waals surface area contributed by atoms with Crippen LogP contribution in [0.1, 0.15) is 20.7 Å². The van der Waals surface area contributed by atoms with Gasteiger partial charge in [0.05, 0.1) is 0 Å². The van der Waals surface area contributed by atoms with E-state index < -0.39 is 11.8 Å². The molecule has 1 heterocycles. The van der Waals surface area contributed by atoms with Crippen molar-refractivity contribution in [1.29, 1.82) is 0 Å². The van der Waals surface area contributed by atoms with Crippen LogP contribution in [0.15, 0.2) is 28.7 Å². The Balaban J connectivity index is 3.13. The molecule has 1 rings (SSSR count). The molecule has 0 aromatic carbocycles. The van der Waals surface area contributed by atoms with Gasteiger partial charge in [-0.3, -0.25) is 14.6 Å². The van der Waals surface area contributed by atoms with Gasteiger partial charge in [-0.25, -0.2) is 0 Å². The van der Waals surface area contributed by atoms with E-state index in [0.29, 0.717) is 0 Å². The fourth-order valence-corrected chi connectivity index (χ4v) is 0.871. The smallest absolute Gasteiger partial charge is 0.250 e. The minimum absolute atomic E-state index is 0.0585. The molecule has 0 N–H and O–H groups in total. The summed E-state index contributed by atoms with van der Waals surface area (Å²) in [6.45, 7) is 0. The quantitative estimate of drug-likeness (QED) is 0.423. The molecule has 0 fully saturated rings. The first-order valence-corrected chi connectivity index (χ1v) is 3.83. The van der Waals surface area contributed by atoms with E-state index in [-0.39, 0.29) is 11.1 Å². The third-order valence-electron chi connectivity index (χ3n) is 1.50. The van der Waals surface area contributed by atoms with Gasteiger partial charge in [0.2, 0.25) is 0 Å². The van der Waals surface area contributed by atoms with Crippen molar-refractivity contribution in [2.75, 3.05) is 0 Å². The molecule has 0 atom stereocenters. The van der Waals surface area contributed by atoms with Gasteiger partial charge >= 0.3 is 0 Å².